The Hall–Kier alpha value is -1.55. The highest BCUT2D eigenvalue weighted by atomic mass is 16.6. The quantitative estimate of drug-likeness (QED) is 0.870. The average molecular weight is 248 g/mol. The molecule has 0 aliphatic carbocycles. The normalized spacial score (nSPS) is 23.8. The van der Waals surface area contributed by atoms with Crippen molar-refractivity contribution in [2.24, 2.45) is 11.7 Å². The summed E-state index contributed by atoms with van der Waals surface area (Å²) in [6.07, 6.45) is 0.712. The first kappa shape index (κ1) is 12.9. The summed E-state index contributed by atoms with van der Waals surface area (Å²) >= 11 is 0. The van der Waals surface area contributed by atoms with Crippen molar-refractivity contribution < 1.29 is 9.53 Å². The summed E-state index contributed by atoms with van der Waals surface area (Å²) in [5, 5.41) is 0. The molecule has 0 bridgehead atoms. The molecule has 0 aromatic heterocycles. The zero-order chi connectivity index (χ0) is 13.0. The molecular formula is C14H20N2O2. The number of piperidine rings is 1. The third-order valence-electron chi connectivity index (χ3n) is 3.16. The van der Waals surface area contributed by atoms with Crippen LogP contribution >= 0.6 is 0 Å². The molecule has 2 N–H and O–H groups in total. The number of likely N-dealkylation sites (tertiary alicyclic amines) is 1. The Labute approximate surface area is 108 Å². The van der Waals surface area contributed by atoms with Crippen LogP contribution in [0.1, 0.15) is 18.9 Å². The van der Waals surface area contributed by atoms with Gasteiger partial charge in [0.2, 0.25) is 0 Å². The fourth-order valence-electron chi connectivity index (χ4n) is 2.36. The molecule has 1 aliphatic heterocycles. The molecule has 2 unspecified atom stereocenters. The van der Waals surface area contributed by atoms with Gasteiger partial charge in [-0.25, -0.2) is 4.79 Å². The SMILES string of the molecule is CC1CC(N)CN(C(=O)OCc2ccccc2)C1. The average Bonchev–Trinajstić information content (AvgIpc) is 2.36. The van der Waals surface area contributed by atoms with Crippen LogP contribution in [0, 0.1) is 5.92 Å². The number of hydrogen-bond acceptors (Lipinski definition) is 3. The Morgan fingerprint density at radius 1 is 1.39 bits per heavy atom. The molecule has 18 heavy (non-hydrogen) atoms. The summed E-state index contributed by atoms with van der Waals surface area (Å²) in [5.74, 6) is 0.443. The fourth-order valence-corrected chi connectivity index (χ4v) is 2.36. The van der Waals surface area contributed by atoms with Gasteiger partial charge in [-0.15, -0.1) is 0 Å². The number of nitrogens with two attached hydrogens (primary N) is 1. The Balaban J connectivity index is 1.84. The van der Waals surface area contributed by atoms with Crippen molar-refractivity contribution in [3.05, 3.63) is 35.9 Å². The molecule has 1 aromatic rings. The highest BCUT2D eigenvalue weighted by Gasteiger charge is 2.26. The van der Waals surface area contributed by atoms with E-state index in [0.717, 1.165) is 18.5 Å². The molecule has 1 amide bonds. The maximum Gasteiger partial charge on any atom is 0.410 e. The zero-order valence-electron chi connectivity index (χ0n) is 10.7. The number of hydrogen-bond donors (Lipinski definition) is 1. The number of ether oxygens (including phenoxy) is 1. The maximum atomic E-state index is 11.9. The van der Waals surface area contributed by atoms with Crippen molar-refractivity contribution in [1.29, 1.82) is 0 Å². The molecule has 0 saturated carbocycles. The maximum absolute atomic E-state index is 11.9. The van der Waals surface area contributed by atoms with Gasteiger partial charge in [0.05, 0.1) is 0 Å². The molecule has 1 fully saturated rings. The molecule has 1 aliphatic rings. The van der Waals surface area contributed by atoms with E-state index in [0.29, 0.717) is 19.1 Å². The van der Waals surface area contributed by atoms with E-state index in [2.05, 4.69) is 6.92 Å². The second-order valence-corrected chi connectivity index (χ2v) is 5.05. The smallest absolute Gasteiger partial charge is 0.410 e. The number of rotatable bonds is 2. The van der Waals surface area contributed by atoms with E-state index in [1.165, 1.54) is 0 Å². The van der Waals surface area contributed by atoms with E-state index in [-0.39, 0.29) is 12.1 Å². The summed E-state index contributed by atoms with van der Waals surface area (Å²) < 4.78 is 5.30. The predicted octanol–water partition coefficient (Wildman–Crippen LogP) is 1.99. The highest BCUT2D eigenvalue weighted by molar-refractivity contribution is 5.67. The van der Waals surface area contributed by atoms with Crippen LogP contribution in [0.4, 0.5) is 4.79 Å². The van der Waals surface area contributed by atoms with Gasteiger partial charge in [-0.3, -0.25) is 0 Å². The van der Waals surface area contributed by atoms with Gasteiger partial charge >= 0.3 is 6.09 Å². The summed E-state index contributed by atoms with van der Waals surface area (Å²) in [6, 6.07) is 9.76. The first-order chi connectivity index (χ1) is 8.65. The van der Waals surface area contributed by atoms with E-state index in [9.17, 15) is 4.79 Å². The molecule has 4 nitrogen and oxygen atoms in total. The Morgan fingerprint density at radius 2 is 2.11 bits per heavy atom. The largest absolute Gasteiger partial charge is 0.445 e. The standard InChI is InChI=1S/C14H20N2O2/c1-11-7-13(15)9-16(8-11)14(17)18-10-12-5-3-2-4-6-12/h2-6,11,13H,7-10,15H2,1H3. The van der Waals surface area contributed by atoms with E-state index in [4.69, 9.17) is 10.5 Å². The molecule has 1 saturated heterocycles. The lowest BCUT2D eigenvalue weighted by Gasteiger charge is -2.33. The van der Waals surface area contributed by atoms with Crippen molar-refractivity contribution in [2.45, 2.75) is 26.0 Å². The third kappa shape index (κ3) is 3.47. The van der Waals surface area contributed by atoms with Crippen molar-refractivity contribution >= 4 is 6.09 Å². The van der Waals surface area contributed by atoms with Crippen LogP contribution < -0.4 is 5.73 Å². The number of carbonyl (C=O) groups is 1. The van der Waals surface area contributed by atoms with Gasteiger partial charge in [0, 0.05) is 19.1 Å². The lowest BCUT2D eigenvalue weighted by Crippen LogP contribution is -2.48. The van der Waals surface area contributed by atoms with Gasteiger partial charge in [0.15, 0.2) is 0 Å². The molecule has 2 rings (SSSR count). The van der Waals surface area contributed by atoms with Crippen LogP contribution in [0.15, 0.2) is 30.3 Å². The second kappa shape index (κ2) is 5.87. The fraction of sp³-hybridized carbons (Fsp3) is 0.500. The number of carbonyl (C=O) groups excluding carboxylic acids is 1. The van der Waals surface area contributed by atoms with Gasteiger partial charge in [0.1, 0.15) is 6.61 Å². The minimum absolute atomic E-state index is 0.0676. The summed E-state index contributed by atoms with van der Waals surface area (Å²) in [5.41, 5.74) is 6.91. The molecule has 2 atom stereocenters. The van der Waals surface area contributed by atoms with Crippen molar-refractivity contribution in [3.8, 4) is 0 Å². The van der Waals surface area contributed by atoms with Crippen LogP contribution in [-0.2, 0) is 11.3 Å². The van der Waals surface area contributed by atoms with E-state index in [1.807, 2.05) is 30.3 Å². The van der Waals surface area contributed by atoms with Crippen LogP contribution in [-0.4, -0.2) is 30.1 Å². The molecule has 1 aromatic carbocycles. The number of benzene rings is 1. The minimum atomic E-state index is -0.263. The van der Waals surface area contributed by atoms with Crippen molar-refractivity contribution in [1.82, 2.24) is 4.90 Å². The second-order valence-electron chi connectivity index (χ2n) is 5.05. The first-order valence-corrected chi connectivity index (χ1v) is 6.36. The van der Waals surface area contributed by atoms with Gasteiger partial charge in [-0.05, 0) is 17.9 Å². The van der Waals surface area contributed by atoms with Gasteiger partial charge in [-0.2, -0.15) is 0 Å². The zero-order valence-corrected chi connectivity index (χ0v) is 10.7. The van der Waals surface area contributed by atoms with Crippen LogP contribution in [0.2, 0.25) is 0 Å². The molecular weight excluding hydrogens is 228 g/mol. The van der Waals surface area contributed by atoms with Gasteiger partial charge in [-0.1, -0.05) is 37.3 Å². The van der Waals surface area contributed by atoms with Gasteiger partial charge in [0.25, 0.3) is 0 Å². The third-order valence-corrected chi connectivity index (χ3v) is 3.16. The molecule has 0 spiro atoms. The van der Waals surface area contributed by atoms with Crippen LogP contribution in [0.3, 0.4) is 0 Å². The first-order valence-electron chi connectivity index (χ1n) is 6.36. The summed E-state index contributed by atoms with van der Waals surface area (Å²) in [6.45, 7) is 3.76. The van der Waals surface area contributed by atoms with Crippen molar-refractivity contribution in [2.75, 3.05) is 13.1 Å². The van der Waals surface area contributed by atoms with E-state index < -0.39 is 0 Å². The van der Waals surface area contributed by atoms with Crippen LogP contribution in [0.5, 0.6) is 0 Å². The van der Waals surface area contributed by atoms with E-state index in [1.54, 1.807) is 4.90 Å². The number of nitrogens with zero attached hydrogens (tertiary/aromatic N) is 1. The minimum Gasteiger partial charge on any atom is -0.445 e. The summed E-state index contributed by atoms with van der Waals surface area (Å²) in [7, 11) is 0. The van der Waals surface area contributed by atoms with Gasteiger partial charge < -0.3 is 15.4 Å². The highest BCUT2D eigenvalue weighted by Crippen LogP contribution is 2.16. The lowest BCUT2D eigenvalue weighted by molar-refractivity contribution is 0.0767. The molecule has 98 valence electrons. The monoisotopic (exact) mass is 248 g/mol. The Morgan fingerprint density at radius 3 is 2.78 bits per heavy atom. The summed E-state index contributed by atoms with van der Waals surface area (Å²) in [4.78, 5) is 13.6. The Kier molecular flexibility index (Phi) is 4.20. The van der Waals surface area contributed by atoms with Crippen LogP contribution in [0.25, 0.3) is 0 Å². The lowest BCUT2D eigenvalue weighted by atomic mass is 9.97. The Bertz CT molecular complexity index is 384. The number of amides is 1. The molecule has 4 heteroatoms. The molecule has 1 heterocycles. The van der Waals surface area contributed by atoms with E-state index >= 15 is 0 Å². The topological polar surface area (TPSA) is 55.6 Å². The predicted molar refractivity (Wildman–Crippen MR) is 70.0 cm³/mol. The molecule has 0 radical (unpaired) electrons. The van der Waals surface area contributed by atoms with Crippen molar-refractivity contribution in [3.63, 3.8) is 0 Å².